The zero-order valence-electron chi connectivity index (χ0n) is 20.4. The maximum Gasteiger partial charge on any atom is 0.403 e. The quantitative estimate of drug-likeness (QED) is 0.431. The Hall–Kier alpha value is -2.69. The van der Waals surface area contributed by atoms with Crippen molar-refractivity contribution in [1.29, 1.82) is 0 Å². The number of fused-ring (bicyclic) bond motifs is 1. The van der Waals surface area contributed by atoms with Crippen LogP contribution in [0.5, 0.6) is 0 Å². The molecule has 1 aliphatic carbocycles. The lowest BCUT2D eigenvalue weighted by molar-refractivity contribution is -0.192. The molecule has 37 heavy (non-hydrogen) atoms. The Bertz CT molecular complexity index is 1350. The lowest BCUT2D eigenvalue weighted by Crippen LogP contribution is -2.44. The van der Waals surface area contributed by atoms with Crippen molar-refractivity contribution in [1.82, 2.24) is 19.8 Å². The van der Waals surface area contributed by atoms with Crippen LogP contribution in [0, 0.1) is 5.41 Å². The Morgan fingerprint density at radius 3 is 2.41 bits per heavy atom. The van der Waals surface area contributed by atoms with Gasteiger partial charge in [-0.05, 0) is 49.7 Å². The molecule has 0 bridgehead atoms. The summed E-state index contributed by atoms with van der Waals surface area (Å²) in [7, 11) is 3.98. The first-order valence-corrected chi connectivity index (χ1v) is 12.7. The number of hydrogen-bond donors (Lipinski definition) is 2. The monoisotopic (exact) mass is 554 g/mol. The Labute approximate surface area is 222 Å². The molecule has 198 valence electrons. The highest BCUT2D eigenvalue weighted by molar-refractivity contribution is 6.34. The standard InChI is InChI=1S/C25H27Cl2F3N6O/c1-34-7-9-36(10-8-34)20-13-21-19(12-17(20)27)33-23(35(21)2)32-18-11-15(3-4-16(18)26)14-31-22(37)24(5-6-24)25(28,29)30/h3-4,11-13H,5-10,14H2,1-2H3,(H,31,37)(H,32,33). The van der Waals surface area contributed by atoms with Gasteiger partial charge < -0.3 is 25.0 Å². The van der Waals surface area contributed by atoms with Gasteiger partial charge in [0, 0.05) is 39.8 Å². The number of amides is 1. The molecule has 0 radical (unpaired) electrons. The number of aryl methyl sites for hydroxylation is 1. The topological polar surface area (TPSA) is 65.4 Å². The highest BCUT2D eigenvalue weighted by Crippen LogP contribution is 2.57. The number of anilines is 3. The lowest BCUT2D eigenvalue weighted by atomic mass is 10.1. The largest absolute Gasteiger partial charge is 0.403 e. The van der Waals surface area contributed by atoms with Gasteiger partial charge in [-0.25, -0.2) is 4.98 Å². The summed E-state index contributed by atoms with van der Waals surface area (Å²) in [5, 5.41) is 6.68. The molecule has 2 N–H and O–H groups in total. The van der Waals surface area contributed by atoms with E-state index in [0.717, 1.165) is 37.4 Å². The number of carbonyl (C=O) groups excluding carboxylic acids is 1. The van der Waals surface area contributed by atoms with Crippen molar-refractivity contribution in [3.05, 3.63) is 45.9 Å². The van der Waals surface area contributed by atoms with Crippen LogP contribution in [0.1, 0.15) is 18.4 Å². The maximum atomic E-state index is 13.2. The molecule has 12 heteroatoms. The minimum Gasteiger partial charge on any atom is -0.368 e. The number of benzene rings is 2. The summed E-state index contributed by atoms with van der Waals surface area (Å²) in [6, 6.07) is 8.86. The maximum absolute atomic E-state index is 13.2. The molecule has 2 aliphatic rings. The molecule has 1 saturated carbocycles. The van der Waals surface area contributed by atoms with Gasteiger partial charge in [0.15, 0.2) is 0 Å². The predicted octanol–water partition coefficient (Wildman–Crippen LogP) is 5.33. The van der Waals surface area contributed by atoms with Crippen molar-refractivity contribution < 1.29 is 18.0 Å². The Morgan fingerprint density at radius 1 is 1.05 bits per heavy atom. The highest BCUT2D eigenvalue weighted by Gasteiger charge is 2.68. The van der Waals surface area contributed by atoms with E-state index < -0.39 is 17.5 Å². The number of imidazole rings is 1. The number of hydrogen-bond acceptors (Lipinski definition) is 5. The Morgan fingerprint density at radius 2 is 1.76 bits per heavy atom. The van der Waals surface area contributed by atoms with Crippen molar-refractivity contribution in [3.63, 3.8) is 0 Å². The second kappa shape index (κ2) is 9.56. The van der Waals surface area contributed by atoms with Crippen LogP contribution in [-0.4, -0.2) is 59.8 Å². The molecule has 1 amide bonds. The van der Waals surface area contributed by atoms with E-state index in [1.165, 1.54) is 0 Å². The highest BCUT2D eigenvalue weighted by atomic mass is 35.5. The molecular formula is C25H27Cl2F3N6O. The van der Waals surface area contributed by atoms with E-state index in [9.17, 15) is 18.0 Å². The number of likely N-dealkylation sites (N-methyl/N-ethyl adjacent to an activating group) is 1. The third-order valence-electron chi connectivity index (χ3n) is 7.25. The van der Waals surface area contributed by atoms with Crippen LogP contribution < -0.4 is 15.5 Å². The number of carbonyl (C=O) groups is 1. The lowest BCUT2D eigenvalue weighted by Gasteiger charge is -2.34. The van der Waals surface area contributed by atoms with E-state index in [4.69, 9.17) is 23.2 Å². The zero-order valence-corrected chi connectivity index (χ0v) is 21.9. The minimum absolute atomic E-state index is 0.0466. The summed E-state index contributed by atoms with van der Waals surface area (Å²) in [4.78, 5) is 21.4. The summed E-state index contributed by atoms with van der Waals surface area (Å²) >= 11 is 13.0. The molecule has 3 aromatic rings. The zero-order chi connectivity index (χ0) is 26.5. The van der Waals surface area contributed by atoms with Gasteiger partial charge in [0.05, 0.1) is 32.5 Å². The van der Waals surface area contributed by atoms with Gasteiger partial charge in [-0.3, -0.25) is 4.79 Å². The first-order valence-electron chi connectivity index (χ1n) is 12.0. The average Bonchev–Trinajstić information content (AvgIpc) is 3.62. The number of halogens is 5. The number of aromatic nitrogens is 2. The molecule has 0 unspecified atom stereocenters. The summed E-state index contributed by atoms with van der Waals surface area (Å²) in [6.45, 7) is 3.63. The smallest absolute Gasteiger partial charge is 0.368 e. The minimum atomic E-state index is -4.54. The van der Waals surface area contributed by atoms with E-state index in [2.05, 4.69) is 32.5 Å². The van der Waals surface area contributed by atoms with Gasteiger partial charge >= 0.3 is 6.18 Å². The summed E-state index contributed by atoms with van der Waals surface area (Å²) in [5.74, 6) is -0.466. The second-order valence-electron chi connectivity index (χ2n) is 9.78. The van der Waals surface area contributed by atoms with E-state index in [-0.39, 0.29) is 19.4 Å². The van der Waals surface area contributed by atoms with Crippen LogP contribution in [0.4, 0.5) is 30.5 Å². The third-order valence-corrected chi connectivity index (χ3v) is 7.88. The van der Waals surface area contributed by atoms with Crippen molar-refractivity contribution >= 4 is 57.5 Å². The third kappa shape index (κ3) is 4.94. The van der Waals surface area contributed by atoms with Gasteiger partial charge in [0.2, 0.25) is 11.9 Å². The van der Waals surface area contributed by atoms with Gasteiger partial charge in [-0.1, -0.05) is 29.3 Å². The van der Waals surface area contributed by atoms with E-state index in [1.807, 2.05) is 23.7 Å². The molecule has 1 aliphatic heterocycles. The van der Waals surface area contributed by atoms with E-state index in [0.29, 0.717) is 32.8 Å². The number of alkyl halides is 3. The van der Waals surface area contributed by atoms with Crippen molar-refractivity contribution in [2.45, 2.75) is 25.6 Å². The Balaban J connectivity index is 1.34. The molecule has 1 aromatic heterocycles. The molecule has 7 nitrogen and oxygen atoms in total. The second-order valence-corrected chi connectivity index (χ2v) is 10.6. The molecule has 1 saturated heterocycles. The first-order chi connectivity index (χ1) is 17.5. The normalized spacial score (nSPS) is 17.8. The van der Waals surface area contributed by atoms with Gasteiger partial charge in [0.25, 0.3) is 0 Å². The molecular weight excluding hydrogens is 528 g/mol. The van der Waals surface area contributed by atoms with E-state index >= 15 is 0 Å². The van der Waals surface area contributed by atoms with Crippen LogP contribution in [0.3, 0.4) is 0 Å². The summed E-state index contributed by atoms with van der Waals surface area (Å²) < 4.78 is 41.6. The summed E-state index contributed by atoms with van der Waals surface area (Å²) in [5.41, 5.74) is 1.45. The fourth-order valence-corrected chi connectivity index (χ4v) is 5.06. The fourth-order valence-electron chi connectivity index (χ4n) is 4.62. The van der Waals surface area contributed by atoms with Crippen molar-refractivity contribution in [2.75, 3.05) is 43.4 Å². The van der Waals surface area contributed by atoms with Crippen molar-refractivity contribution in [2.24, 2.45) is 12.5 Å². The average molecular weight is 555 g/mol. The number of rotatable bonds is 6. The van der Waals surface area contributed by atoms with Gasteiger partial charge in [-0.2, -0.15) is 13.2 Å². The van der Waals surface area contributed by atoms with Crippen LogP contribution in [-0.2, 0) is 18.4 Å². The van der Waals surface area contributed by atoms with Crippen LogP contribution >= 0.6 is 23.2 Å². The van der Waals surface area contributed by atoms with Crippen LogP contribution in [0.25, 0.3) is 11.0 Å². The molecule has 0 spiro atoms. The van der Waals surface area contributed by atoms with Gasteiger partial charge in [0.1, 0.15) is 5.41 Å². The van der Waals surface area contributed by atoms with Crippen LogP contribution in [0.15, 0.2) is 30.3 Å². The molecule has 0 atom stereocenters. The predicted molar refractivity (Wildman–Crippen MR) is 140 cm³/mol. The summed E-state index contributed by atoms with van der Waals surface area (Å²) in [6.07, 6.45) is -4.90. The number of piperazine rings is 1. The van der Waals surface area contributed by atoms with Crippen molar-refractivity contribution in [3.8, 4) is 0 Å². The molecule has 2 fully saturated rings. The molecule has 2 heterocycles. The van der Waals surface area contributed by atoms with Gasteiger partial charge in [-0.15, -0.1) is 0 Å². The van der Waals surface area contributed by atoms with E-state index in [1.54, 1.807) is 18.2 Å². The first kappa shape index (κ1) is 25.9. The Kier molecular flexibility index (Phi) is 6.70. The molecule has 2 aromatic carbocycles. The number of nitrogens with zero attached hydrogens (tertiary/aromatic N) is 4. The SMILES string of the molecule is CN1CCN(c2cc3c(cc2Cl)nc(Nc2cc(CNC(=O)C4(C(F)(F)F)CC4)ccc2Cl)n3C)CC1. The number of nitrogens with one attached hydrogen (secondary N) is 2. The fraction of sp³-hybridized carbons (Fsp3) is 0.440. The van der Waals surface area contributed by atoms with Crippen LogP contribution in [0.2, 0.25) is 10.0 Å². The molecule has 5 rings (SSSR count).